The van der Waals surface area contributed by atoms with Gasteiger partial charge in [0.15, 0.2) is 0 Å². The Labute approximate surface area is 226 Å². The minimum absolute atomic E-state index is 0.210. The summed E-state index contributed by atoms with van der Waals surface area (Å²) in [4.78, 5) is 17.7. The van der Waals surface area contributed by atoms with Gasteiger partial charge in [-0.1, -0.05) is 30.5 Å². The van der Waals surface area contributed by atoms with Gasteiger partial charge in [-0.05, 0) is 77.4 Å². The number of anilines is 2. The predicted molar refractivity (Wildman–Crippen MR) is 150 cm³/mol. The second-order valence-electron chi connectivity index (χ2n) is 9.11. The number of pyridine rings is 1. The van der Waals surface area contributed by atoms with Gasteiger partial charge < -0.3 is 16.0 Å². The van der Waals surface area contributed by atoms with Crippen molar-refractivity contribution in [2.45, 2.75) is 31.7 Å². The Kier molecular flexibility index (Phi) is 7.94. The Morgan fingerprint density at radius 2 is 2.05 bits per heavy atom. The third-order valence-corrected chi connectivity index (χ3v) is 6.79. The van der Waals surface area contributed by atoms with Crippen LogP contribution in [0.2, 0.25) is 5.02 Å². The lowest BCUT2D eigenvalue weighted by molar-refractivity contribution is -0.117. The number of hydrogen-bond acceptors (Lipinski definition) is 7. The molecule has 4 aromatic rings. The van der Waals surface area contributed by atoms with Crippen LogP contribution in [0.25, 0.3) is 22.9 Å². The fourth-order valence-corrected chi connectivity index (χ4v) is 4.78. The summed E-state index contributed by atoms with van der Waals surface area (Å²) in [7, 11) is 1.92. The predicted octanol–water partition coefficient (Wildman–Crippen LogP) is 5.28. The highest BCUT2D eigenvalue weighted by molar-refractivity contribution is 6.30. The molecule has 5 rings (SSSR count). The van der Waals surface area contributed by atoms with E-state index >= 15 is 0 Å². The zero-order chi connectivity index (χ0) is 26.3. The van der Waals surface area contributed by atoms with Gasteiger partial charge in [-0.2, -0.15) is 4.68 Å². The van der Waals surface area contributed by atoms with E-state index in [1.807, 2.05) is 25.4 Å². The Morgan fingerprint density at radius 1 is 1.13 bits per heavy atom. The van der Waals surface area contributed by atoms with Gasteiger partial charge in [0.1, 0.15) is 6.33 Å². The molecule has 0 aliphatic carbocycles. The molecule has 38 heavy (non-hydrogen) atoms. The first kappa shape index (κ1) is 25.4. The zero-order valence-corrected chi connectivity index (χ0v) is 21.8. The molecular formula is C28H29ClN8O. The number of halogens is 1. The first-order valence-corrected chi connectivity index (χ1v) is 13.0. The minimum atomic E-state index is -0.210. The maximum absolute atomic E-state index is 13.1. The van der Waals surface area contributed by atoms with E-state index in [0.717, 1.165) is 71.7 Å². The van der Waals surface area contributed by atoms with Crippen molar-refractivity contribution in [2.24, 2.45) is 0 Å². The summed E-state index contributed by atoms with van der Waals surface area (Å²) in [6, 6.07) is 15.5. The van der Waals surface area contributed by atoms with E-state index in [9.17, 15) is 4.79 Å². The zero-order valence-electron chi connectivity index (χ0n) is 21.1. The van der Waals surface area contributed by atoms with Gasteiger partial charge in [-0.25, -0.2) is 0 Å². The summed E-state index contributed by atoms with van der Waals surface area (Å²) < 4.78 is 1.53. The Balaban J connectivity index is 1.40. The molecule has 3 N–H and O–H groups in total. The number of hydrogen-bond donors (Lipinski definition) is 3. The van der Waals surface area contributed by atoms with Crippen molar-refractivity contribution >= 4 is 35.0 Å². The number of benzene rings is 2. The molecule has 2 aromatic carbocycles. The van der Waals surface area contributed by atoms with Crippen LogP contribution in [0.5, 0.6) is 0 Å². The molecule has 194 valence electrons. The van der Waals surface area contributed by atoms with E-state index in [1.54, 1.807) is 18.2 Å². The Hall–Kier alpha value is -4.24. The van der Waals surface area contributed by atoms with E-state index < -0.39 is 0 Å². The van der Waals surface area contributed by atoms with Crippen molar-refractivity contribution < 1.29 is 4.79 Å². The summed E-state index contributed by atoms with van der Waals surface area (Å²) in [6.45, 7) is 0.890. The molecule has 0 unspecified atom stereocenters. The summed E-state index contributed by atoms with van der Waals surface area (Å²) >= 11 is 6.22. The monoisotopic (exact) mass is 528 g/mol. The number of nitrogens with one attached hydrogen (secondary N) is 3. The van der Waals surface area contributed by atoms with Gasteiger partial charge in [0.2, 0.25) is 5.91 Å². The number of tetrazole rings is 1. The van der Waals surface area contributed by atoms with E-state index in [2.05, 4.69) is 60.7 Å². The van der Waals surface area contributed by atoms with Gasteiger partial charge in [-0.15, -0.1) is 5.10 Å². The normalized spacial score (nSPS) is 15.6. The molecule has 1 atom stereocenters. The molecule has 3 heterocycles. The van der Waals surface area contributed by atoms with Gasteiger partial charge in [0.05, 0.1) is 17.4 Å². The third kappa shape index (κ3) is 6.00. The van der Waals surface area contributed by atoms with Crippen LogP contribution in [0.3, 0.4) is 0 Å². The van der Waals surface area contributed by atoms with Crippen LogP contribution < -0.4 is 16.0 Å². The first-order chi connectivity index (χ1) is 18.6. The lowest BCUT2D eigenvalue weighted by Crippen LogP contribution is -2.27. The number of rotatable bonds is 5. The van der Waals surface area contributed by atoms with Crippen molar-refractivity contribution in [1.82, 2.24) is 30.5 Å². The average Bonchev–Trinajstić information content (AvgIpc) is 3.47. The smallest absolute Gasteiger partial charge is 0.244 e. The lowest BCUT2D eigenvalue weighted by Gasteiger charge is -2.21. The molecule has 9 nitrogen and oxygen atoms in total. The summed E-state index contributed by atoms with van der Waals surface area (Å²) in [5.41, 5.74) is 6.58. The molecule has 0 spiro atoms. The minimum Gasteiger partial charge on any atom is -0.388 e. The lowest BCUT2D eigenvalue weighted by atomic mass is 9.98. The Bertz CT molecular complexity index is 1440. The van der Waals surface area contributed by atoms with E-state index in [4.69, 9.17) is 11.6 Å². The quantitative estimate of drug-likeness (QED) is 0.302. The number of carbonyl (C=O) groups excluding carboxylic acids is 1. The summed E-state index contributed by atoms with van der Waals surface area (Å²) in [6.07, 6.45) is 10.4. The molecule has 1 amide bonds. The fourth-order valence-electron chi connectivity index (χ4n) is 4.60. The molecule has 0 saturated carbocycles. The summed E-state index contributed by atoms with van der Waals surface area (Å²) in [5, 5.41) is 21.9. The average molecular weight is 529 g/mol. The Morgan fingerprint density at radius 3 is 2.89 bits per heavy atom. The topological polar surface area (TPSA) is 110 Å². The van der Waals surface area contributed by atoms with Crippen LogP contribution in [-0.2, 0) is 4.79 Å². The molecule has 10 heteroatoms. The molecule has 0 radical (unpaired) electrons. The number of aromatic nitrogens is 5. The summed E-state index contributed by atoms with van der Waals surface area (Å²) in [5.74, 6) is -0.210. The fraction of sp³-hybridized carbons (Fsp3) is 0.250. The standard InChI is InChI=1S/C28H29ClN8O/c1-30-22-8-9-23-19-12-14-32-26(16-19)24(5-3-2-4-13-31-25(23)17-22)34-28(38)11-6-20-15-21(29)7-10-27(20)37-18-33-35-36-37/h6-12,14-18,24,30-31H,2-5,13H2,1H3,(H,34,38)/b11-6+/t24-/m0/s1. The van der Waals surface area contributed by atoms with E-state index in [1.165, 1.54) is 17.1 Å². The SMILES string of the molecule is CNc1ccc2c(c1)NCCCCC[C@H](NC(=O)/C=C/c1cc(Cl)ccc1-n1cnnn1)c1cc-2ccn1. The van der Waals surface area contributed by atoms with Crippen LogP contribution in [-0.4, -0.2) is 44.7 Å². The maximum atomic E-state index is 13.1. The van der Waals surface area contributed by atoms with Gasteiger partial charge in [0.25, 0.3) is 0 Å². The maximum Gasteiger partial charge on any atom is 0.244 e. The molecule has 2 aromatic heterocycles. The van der Waals surface area contributed by atoms with Crippen molar-refractivity contribution in [3.05, 3.63) is 83.4 Å². The first-order valence-electron chi connectivity index (χ1n) is 12.6. The van der Waals surface area contributed by atoms with E-state index in [-0.39, 0.29) is 11.9 Å². The van der Waals surface area contributed by atoms with Crippen molar-refractivity contribution in [2.75, 3.05) is 24.2 Å². The third-order valence-electron chi connectivity index (χ3n) is 6.56. The van der Waals surface area contributed by atoms with Crippen LogP contribution in [0.1, 0.15) is 43.0 Å². The molecule has 0 fully saturated rings. The number of carbonyl (C=O) groups is 1. The second kappa shape index (κ2) is 11.9. The highest BCUT2D eigenvalue weighted by atomic mass is 35.5. The van der Waals surface area contributed by atoms with Gasteiger partial charge in [-0.3, -0.25) is 9.78 Å². The van der Waals surface area contributed by atoms with Gasteiger partial charge >= 0.3 is 0 Å². The largest absolute Gasteiger partial charge is 0.388 e. The van der Waals surface area contributed by atoms with Crippen LogP contribution in [0.4, 0.5) is 11.4 Å². The van der Waals surface area contributed by atoms with Crippen LogP contribution in [0.15, 0.2) is 67.1 Å². The molecular weight excluding hydrogens is 500 g/mol. The molecule has 1 aliphatic heterocycles. The van der Waals surface area contributed by atoms with Gasteiger partial charge in [0, 0.05) is 53.4 Å². The van der Waals surface area contributed by atoms with Crippen LogP contribution >= 0.6 is 11.6 Å². The second-order valence-corrected chi connectivity index (χ2v) is 9.54. The molecule has 2 bridgehead atoms. The van der Waals surface area contributed by atoms with Crippen LogP contribution in [0, 0.1) is 0 Å². The molecule has 0 saturated heterocycles. The highest BCUT2D eigenvalue weighted by Crippen LogP contribution is 2.33. The molecule has 1 aliphatic rings. The van der Waals surface area contributed by atoms with E-state index in [0.29, 0.717) is 5.02 Å². The highest BCUT2D eigenvalue weighted by Gasteiger charge is 2.17. The van der Waals surface area contributed by atoms with Crippen molar-refractivity contribution in [3.63, 3.8) is 0 Å². The van der Waals surface area contributed by atoms with Crippen molar-refractivity contribution in [3.8, 4) is 16.8 Å². The number of nitrogens with zero attached hydrogens (tertiary/aromatic N) is 5. The number of fused-ring (bicyclic) bond motifs is 4. The number of amides is 1. The van der Waals surface area contributed by atoms with Crippen molar-refractivity contribution in [1.29, 1.82) is 0 Å².